The number of hydrogen-bond donors (Lipinski definition) is 1. The third-order valence-corrected chi connectivity index (χ3v) is 1.94. The van der Waals surface area contributed by atoms with Crippen LogP contribution in [0.1, 0.15) is 6.92 Å². The first-order valence-electron chi connectivity index (χ1n) is 4.12. The Kier molecular flexibility index (Phi) is 3.17. The van der Waals surface area contributed by atoms with Crippen molar-refractivity contribution >= 4 is 5.97 Å². The fraction of sp³-hybridized carbons (Fsp3) is 0.300. The van der Waals surface area contributed by atoms with Crippen molar-refractivity contribution in [3.05, 3.63) is 35.7 Å². The molecule has 0 aliphatic heterocycles. The summed E-state index contributed by atoms with van der Waals surface area (Å²) in [7, 11) is 0. The van der Waals surface area contributed by atoms with E-state index in [2.05, 4.69) is 0 Å². The van der Waals surface area contributed by atoms with Gasteiger partial charge in [0, 0.05) is 11.5 Å². The van der Waals surface area contributed by atoms with Crippen molar-refractivity contribution in [1.82, 2.24) is 0 Å². The van der Waals surface area contributed by atoms with E-state index in [-0.39, 0.29) is 5.57 Å². The highest BCUT2D eigenvalue weighted by atomic mass is 19.1. The van der Waals surface area contributed by atoms with Crippen LogP contribution in [0, 0.1) is 5.92 Å². The van der Waals surface area contributed by atoms with Gasteiger partial charge >= 0.3 is 5.97 Å². The first kappa shape index (κ1) is 10.6. The Morgan fingerprint density at radius 2 is 2.29 bits per heavy atom. The number of rotatable bonds is 2. The van der Waals surface area contributed by atoms with Crippen LogP contribution < -0.4 is 0 Å². The smallest absolute Gasteiger partial charge is 0.330 e. The summed E-state index contributed by atoms with van der Waals surface area (Å²) >= 11 is 0. The number of carbonyl (C=O) groups is 1. The predicted octanol–water partition coefficient (Wildman–Crippen LogP) is 2.39. The van der Waals surface area contributed by atoms with E-state index in [1.165, 1.54) is 19.1 Å². The second-order valence-corrected chi connectivity index (χ2v) is 3.09. The van der Waals surface area contributed by atoms with E-state index in [1.54, 1.807) is 0 Å². The number of hydrogen-bond acceptors (Lipinski definition) is 1. The summed E-state index contributed by atoms with van der Waals surface area (Å²) in [4.78, 5) is 10.4. The van der Waals surface area contributed by atoms with Gasteiger partial charge in [-0.1, -0.05) is 12.2 Å². The van der Waals surface area contributed by atoms with Gasteiger partial charge in [-0.25, -0.2) is 13.6 Å². The summed E-state index contributed by atoms with van der Waals surface area (Å²) in [6.07, 6.45) is 3.05. The van der Waals surface area contributed by atoms with E-state index in [4.69, 9.17) is 5.11 Å². The molecular weight excluding hydrogens is 190 g/mol. The topological polar surface area (TPSA) is 37.3 Å². The average molecular weight is 200 g/mol. The maximum Gasteiger partial charge on any atom is 0.330 e. The molecule has 2 nitrogen and oxygen atoms in total. The van der Waals surface area contributed by atoms with Crippen LogP contribution in [0.2, 0.25) is 0 Å². The molecule has 0 saturated heterocycles. The zero-order valence-corrected chi connectivity index (χ0v) is 7.58. The monoisotopic (exact) mass is 200 g/mol. The Hall–Kier alpha value is -1.45. The van der Waals surface area contributed by atoms with Crippen LogP contribution in [0.3, 0.4) is 0 Å². The molecule has 0 aromatic rings. The molecule has 1 aliphatic carbocycles. The minimum Gasteiger partial charge on any atom is -0.478 e. The van der Waals surface area contributed by atoms with Crippen LogP contribution in [0.25, 0.3) is 0 Å². The number of alkyl halides is 1. The largest absolute Gasteiger partial charge is 0.478 e. The molecule has 2 atom stereocenters. The molecule has 0 fully saturated rings. The lowest BCUT2D eigenvalue weighted by Crippen LogP contribution is -2.13. The Balaban J connectivity index is 2.78. The number of aliphatic carboxylic acids is 1. The molecule has 0 bridgehead atoms. The number of allylic oxidation sites excluding steroid dienone is 5. The first-order chi connectivity index (χ1) is 6.50. The second-order valence-electron chi connectivity index (χ2n) is 3.09. The first-order valence-corrected chi connectivity index (χ1v) is 4.12. The van der Waals surface area contributed by atoms with E-state index in [9.17, 15) is 13.6 Å². The molecule has 2 unspecified atom stereocenters. The summed E-state index contributed by atoms with van der Waals surface area (Å²) in [5, 5.41) is 8.55. The van der Waals surface area contributed by atoms with Gasteiger partial charge in [-0.3, -0.25) is 0 Å². The summed E-state index contributed by atoms with van der Waals surface area (Å²) in [6, 6.07) is 0. The highest BCUT2D eigenvalue weighted by molar-refractivity contribution is 5.85. The number of carboxylic acid groups (broad SMARTS) is 1. The van der Waals surface area contributed by atoms with E-state index in [0.29, 0.717) is 0 Å². The molecule has 76 valence electrons. The Morgan fingerprint density at radius 1 is 1.64 bits per heavy atom. The van der Waals surface area contributed by atoms with Crippen molar-refractivity contribution < 1.29 is 18.7 Å². The van der Waals surface area contributed by atoms with Crippen LogP contribution in [0.5, 0.6) is 0 Å². The maximum absolute atomic E-state index is 13.1. The van der Waals surface area contributed by atoms with Gasteiger partial charge in [0.2, 0.25) is 0 Å². The molecule has 0 spiro atoms. The molecule has 0 heterocycles. The van der Waals surface area contributed by atoms with Gasteiger partial charge in [0.05, 0.1) is 0 Å². The molecule has 0 saturated carbocycles. The van der Waals surface area contributed by atoms with Gasteiger partial charge in [0.1, 0.15) is 12.0 Å². The fourth-order valence-corrected chi connectivity index (χ4v) is 1.14. The summed E-state index contributed by atoms with van der Waals surface area (Å²) in [5.41, 5.74) is 0.0537. The average Bonchev–Trinajstić information content (AvgIpc) is 2.09. The third kappa shape index (κ3) is 2.52. The summed E-state index contributed by atoms with van der Waals surface area (Å²) < 4.78 is 25.6. The summed E-state index contributed by atoms with van der Waals surface area (Å²) in [5.74, 6) is -2.42. The van der Waals surface area contributed by atoms with Gasteiger partial charge in [0.25, 0.3) is 0 Å². The Bertz CT molecular complexity index is 329. The van der Waals surface area contributed by atoms with Crippen molar-refractivity contribution in [3.63, 3.8) is 0 Å². The van der Waals surface area contributed by atoms with Gasteiger partial charge in [-0.15, -0.1) is 0 Å². The van der Waals surface area contributed by atoms with Crippen LogP contribution in [-0.2, 0) is 4.79 Å². The Morgan fingerprint density at radius 3 is 2.79 bits per heavy atom. The van der Waals surface area contributed by atoms with Crippen LogP contribution >= 0.6 is 0 Å². The van der Waals surface area contributed by atoms with E-state index in [1.807, 2.05) is 0 Å². The van der Waals surface area contributed by atoms with Crippen LogP contribution in [-0.4, -0.2) is 17.2 Å². The van der Waals surface area contributed by atoms with Gasteiger partial charge in [-0.05, 0) is 19.1 Å². The van der Waals surface area contributed by atoms with Crippen LogP contribution in [0.15, 0.2) is 35.7 Å². The van der Waals surface area contributed by atoms with E-state index in [0.717, 1.165) is 12.2 Å². The van der Waals surface area contributed by atoms with Crippen molar-refractivity contribution in [3.8, 4) is 0 Å². The molecule has 0 aromatic carbocycles. The Labute approximate surface area is 80.2 Å². The minimum atomic E-state index is -1.49. The van der Waals surface area contributed by atoms with Gasteiger partial charge in [0.15, 0.2) is 0 Å². The second kappa shape index (κ2) is 4.17. The molecule has 14 heavy (non-hydrogen) atoms. The van der Waals surface area contributed by atoms with Crippen molar-refractivity contribution in [2.24, 2.45) is 5.92 Å². The standard InChI is InChI=1S/C10H10F2O2/c1-6(10(13)14)4-7-2-3-8(11)5-9(7)12/h2-5,7,9H,1H3,(H,13,14). The lowest BCUT2D eigenvalue weighted by molar-refractivity contribution is -0.132. The molecule has 4 heteroatoms. The highest BCUT2D eigenvalue weighted by Gasteiger charge is 2.19. The number of carboxylic acids is 1. The van der Waals surface area contributed by atoms with Gasteiger partial charge < -0.3 is 5.11 Å². The van der Waals surface area contributed by atoms with E-state index < -0.39 is 23.9 Å². The highest BCUT2D eigenvalue weighted by Crippen LogP contribution is 2.22. The third-order valence-electron chi connectivity index (χ3n) is 1.94. The lowest BCUT2D eigenvalue weighted by Gasteiger charge is -2.14. The molecule has 1 aliphatic rings. The maximum atomic E-state index is 13.1. The lowest BCUT2D eigenvalue weighted by atomic mass is 9.96. The number of halogens is 2. The van der Waals surface area contributed by atoms with Crippen molar-refractivity contribution in [2.45, 2.75) is 13.1 Å². The van der Waals surface area contributed by atoms with Crippen molar-refractivity contribution in [2.75, 3.05) is 0 Å². The zero-order valence-electron chi connectivity index (χ0n) is 7.58. The van der Waals surface area contributed by atoms with E-state index >= 15 is 0 Å². The SMILES string of the molecule is CC(=CC1C=CC(F)=CC1F)C(=O)O. The van der Waals surface area contributed by atoms with Crippen molar-refractivity contribution in [1.29, 1.82) is 0 Å². The minimum absolute atomic E-state index is 0.0537. The molecule has 0 radical (unpaired) electrons. The summed E-state index contributed by atoms with van der Waals surface area (Å²) in [6.45, 7) is 1.37. The normalized spacial score (nSPS) is 27.4. The fourth-order valence-electron chi connectivity index (χ4n) is 1.14. The molecule has 1 rings (SSSR count). The predicted molar refractivity (Wildman–Crippen MR) is 48.1 cm³/mol. The van der Waals surface area contributed by atoms with Gasteiger partial charge in [-0.2, -0.15) is 0 Å². The molecule has 0 amide bonds. The molecule has 0 aromatic heterocycles. The molecular formula is C10H10F2O2. The quantitative estimate of drug-likeness (QED) is 0.695. The zero-order chi connectivity index (χ0) is 10.7. The van der Waals surface area contributed by atoms with Crippen LogP contribution in [0.4, 0.5) is 8.78 Å². The molecule has 1 N–H and O–H groups in total.